The van der Waals surface area contributed by atoms with Crippen LogP contribution in [0.2, 0.25) is 0 Å². The van der Waals surface area contributed by atoms with E-state index in [9.17, 15) is 8.42 Å². The van der Waals surface area contributed by atoms with Crippen LogP contribution in [0.4, 0.5) is 5.82 Å². The van der Waals surface area contributed by atoms with Gasteiger partial charge in [0.1, 0.15) is 5.82 Å². The van der Waals surface area contributed by atoms with Crippen molar-refractivity contribution in [1.82, 2.24) is 4.98 Å². The molecule has 0 radical (unpaired) electrons. The van der Waals surface area contributed by atoms with Crippen LogP contribution < -0.4 is 4.72 Å². The highest BCUT2D eigenvalue weighted by Gasteiger charge is 2.13. The van der Waals surface area contributed by atoms with Crippen molar-refractivity contribution >= 4 is 31.8 Å². The lowest BCUT2D eigenvalue weighted by atomic mass is 10.2. The third kappa shape index (κ3) is 4.52. The number of aliphatic hydroxyl groups is 1. The normalized spacial score (nSPS) is 11.4. The van der Waals surface area contributed by atoms with Crippen molar-refractivity contribution in [2.45, 2.75) is 19.3 Å². The molecule has 0 aliphatic heterocycles. The van der Waals surface area contributed by atoms with Gasteiger partial charge in [-0.3, -0.25) is 4.72 Å². The Hall–Kier alpha value is -1.44. The summed E-state index contributed by atoms with van der Waals surface area (Å²) in [7, 11) is -3.53. The number of halogens is 1. The monoisotopic (exact) mass is 370 g/mol. The fraction of sp³-hybridized carbons (Fsp3) is 0.214. The summed E-state index contributed by atoms with van der Waals surface area (Å²) in [5.41, 5.74) is 2.29. The van der Waals surface area contributed by atoms with Crippen molar-refractivity contribution in [3.8, 4) is 0 Å². The standard InChI is InChI=1S/C14H15BrN2O3S/c1-10-6-14(16-7-13(10)15)17-21(19,20)9-12-4-2-11(8-18)3-5-12/h2-7,18H,8-9H2,1H3,(H,16,17). The van der Waals surface area contributed by atoms with Gasteiger partial charge in [0.15, 0.2) is 0 Å². The van der Waals surface area contributed by atoms with Crippen LogP contribution in [0.5, 0.6) is 0 Å². The average molecular weight is 371 g/mol. The van der Waals surface area contributed by atoms with Gasteiger partial charge in [-0.05, 0) is 45.6 Å². The molecule has 0 aliphatic rings. The van der Waals surface area contributed by atoms with E-state index in [1.807, 2.05) is 6.92 Å². The zero-order chi connectivity index (χ0) is 15.5. The second-order valence-corrected chi connectivity index (χ2v) is 7.23. The van der Waals surface area contributed by atoms with Gasteiger partial charge in [0.2, 0.25) is 10.0 Å². The van der Waals surface area contributed by atoms with Crippen LogP contribution in [-0.4, -0.2) is 18.5 Å². The molecule has 5 nitrogen and oxygen atoms in total. The van der Waals surface area contributed by atoms with Crippen LogP contribution in [-0.2, 0) is 22.4 Å². The highest BCUT2D eigenvalue weighted by molar-refractivity contribution is 9.10. The Morgan fingerprint density at radius 3 is 2.43 bits per heavy atom. The molecule has 1 heterocycles. The first-order valence-corrected chi connectivity index (χ1v) is 8.65. The minimum Gasteiger partial charge on any atom is -0.392 e. The lowest BCUT2D eigenvalue weighted by Crippen LogP contribution is -2.16. The fourth-order valence-electron chi connectivity index (χ4n) is 1.75. The van der Waals surface area contributed by atoms with Crippen molar-refractivity contribution in [2.75, 3.05) is 4.72 Å². The number of aromatic nitrogens is 1. The molecule has 21 heavy (non-hydrogen) atoms. The SMILES string of the molecule is Cc1cc(NS(=O)(=O)Cc2ccc(CO)cc2)ncc1Br. The van der Waals surface area contributed by atoms with Crippen molar-refractivity contribution in [3.63, 3.8) is 0 Å². The Morgan fingerprint density at radius 1 is 1.24 bits per heavy atom. The van der Waals surface area contributed by atoms with Gasteiger partial charge in [0, 0.05) is 10.7 Å². The summed E-state index contributed by atoms with van der Waals surface area (Å²) < 4.78 is 27.5. The van der Waals surface area contributed by atoms with E-state index in [0.717, 1.165) is 15.6 Å². The number of aryl methyl sites for hydroxylation is 1. The Labute approximate surface area is 132 Å². The van der Waals surface area contributed by atoms with E-state index in [1.54, 1.807) is 36.5 Å². The van der Waals surface area contributed by atoms with E-state index >= 15 is 0 Å². The number of nitrogens with zero attached hydrogens (tertiary/aromatic N) is 1. The number of nitrogens with one attached hydrogen (secondary N) is 1. The van der Waals surface area contributed by atoms with Gasteiger partial charge in [0.05, 0.1) is 12.4 Å². The molecule has 7 heteroatoms. The molecule has 0 aliphatic carbocycles. The number of pyridine rings is 1. The van der Waals surface area contributed by atoms with Crippen molar-refractivity contribution in [1.29, 1.82) is 0 Å². The van der Waals surface area contributed by atoms with E-state index in [-0.39, 0.29) is 12.4 Å². The molecule has 0 atom stereocenters. The lowest BCUT2D eigenvalue weighted by Gasteiger charge is -2.09. The van der Waals surface area contributed by atoms with Gasteiger partial charge >= 0.3 is 0 Å². The summed E-state index contributed by atoms with van der Waals surface area (Å²) in [5, 5.41) is 8.96. The maximum atomic E-state index is 12.1. The van der Waals surface area contributed by atoms with Gasteiger partial charge in [-0.15, -0.1) is 0 Å². The largest absolute Gasteiger partial charge is 0.392 e. The number of hydrogen-bond donors (Lipinski definition) is 2. The Morgan fingerprint density at radius 2 is 1.86 bits per heavy atom. The Kier molecular flexibility index (Phi) is 4.97. The first-order valence-electron chi connectivity index (χ1n) is 6.21. The fourth-order valence-corrected chi connectivity index (χ4v) is 3.10. The van der Waals surface area contributed by atoms with Crippen molar-refractivity contribution in [3.05, 3.63) is 57.7 Å². The van der Waals surface area contributed by atoms with Gasteiger partial charge in [0.25, 0.3) is 0 Å². The van der Waals surface area contributed by atoms with E-state index < -0.39 is 10.0 Å². The second kappa shape index (κ2) is 6.55. The predicted octanol–water partition coefficient (Wildman–Crippen LogP) is 2.59. The number of sulfonamides is 1. The lowest BCUT2D eigenvalue weighted by molar-refractivity contribution is 0.282. The molecule has 2 rings (SSSR count). The van der Waals surface area contributed by atoms with Crippen LogP contribution in [0, 0.1) is 6.92 Å². The molecule has 0 bridgehead atoms. The molecule has 112 valence electrons. The Bertz CT molecular complexity index is 730. The first kappa shape index (κ1) is 15.9. The van der Waals surface area contributed by atoms with E-state index in [1.165, 1.54) is 0 Å². The molecule has 0 amide bonds. The van der Waals surface area contributed by atoms with Crippen LogP contribution in [0.25, 0.3) is 0 Å². The molecule has 2 N–H and O–H groups in total. The topological polar surface area (TPSA) is 79.3 Å². The van der Waals surface area contributed by atoms with Crippen LogP contribution in [0.1, 0.15) is 16.7 Å². The Balaban J connectivity index is 2.12. The number of aliphatic hydroxyl groups excluding tert-OH is 1. The van der Waals surface area contributed by atoms with Crippen molar-refractivity contribution in [2.24, 2.45) is 0 Å². The summed E-state index contributed by atoms with van der Waals surface area (Å²) in [5.74, 6) is 0.151. The van der Waals surface area contributed by atoms with Gasteiger partial charge in [-0.2, -0.15) is 0 Å². The number of anilines is 1. The van der Waals surface area contributed by atoms with Gasteiger partial charge < -0.3 is 5.11 Å². The maximum Gasteiger partial charge on any atom is 0.238 e. The molecule has 0 fully saturated rings. The molecule has 0 spiro atoms. The van der Waals surface area contributed by atoms with Crippen LogP contribution in [0.3, 0.4) is 0 Å². The minimum absolute atomic E-state index is 0.0621. The molecule has 1 aromatic carbocycles. The number of rotatable bonds is 5. The predicted molar refractivity (Wildman–Crippen MR) is 85.3 cm³/mol. The third-order valence-corrected chi connectivity index (χ3v) is 4.93. The molecule has 0 saturated carbocycles. The van der Waals surface area contributed by atoms with Crippen LogP contribution in [0.15, 0.2) is 41.0 Å². The second-order valence-electron chi connectivity index (χ2n) is 4.65. The number of benzene rings is 1. The van der Waals surface area contributed by atoms with Gasteiger partial charge in [-0.25, -0.2) is 13.4 Å². The summed E-state index contributed by atoms with van der Waals surface area (Å²) in [4.78, 5) is 4.02. The molecule has 2 aromatic rings. The highest BCUT2D eigenvalue weighted by atomic mass is 79.9. The minimum atomic E-state index is -3.53. The maximum absolute atomic E-state index is 12.1. The zero-order valence-electron chi connectivity index (χ0n) is 11.4. The summed E-state index contributed by atoms with van der Waals surface area (Å²) in [6.07, 6.45) is 1.56. The van der Waals surface area contributed by atoms with E-state index in [0.29, 0.717) is 11.4 Å². The summed E-state index contributed by atoms with van der Waals surface area (Å²) >= 11 is 3.32. The van der Waals surface area contributed by atoms with E-state index in [4.69, 9.17) is 5.11 Å². The highest BCUT2D eigenvalue weighted by Crippen LogP contribution is 2.18. The molecule has 0 unspecified atom stereocenters. The van der Waals surface area contributed by atoms with E-state index in [2.05, 4.69) is 25.6 Å². The molecule has 0 saturated heterocycles. The summed E-state index contributed by atoms with van der Waals surface area (Å²) in [6.45, 7) is 1.80. The smallest absolute Gasteiger partial charge is 0.238 e. The molecular weight excluding hydrogens is 356 g/mol. The van der Waals surface area contributed by atoms with Gasteiger partial charge in [-0.1, -0.05) is 24.3 Å². The van der Waals surface area contributed by atoms with Crippen molar-refractivity contribution < 1.29 is 13.5 Å². The molecule has 1 aromatic heterocycles. The third-order valence-electron chi connectivity index (χ3n) is 2.87. The van der Waals surface area contributed by atoms with Crippen LogP contribution >= 0.6 is 15.9 Å². The summed E-state index contributed by atoms with van der Waals surface area (Å²) in [6, 6.07) is 8.44. The molecular formula is C14H15BrN2O3S. The zero-order valence-corrected chi connectivity index (χ0v) is 13.8. The number of hydrogen-bond acceptors (Lipinski definition) is 4. The first-order chi connectivity index (χ1) is 9.89. The average Bonchev–Trinajstić information content (AvgIpc) is 2.43. The quantitative estimate of drug-likeness (QED) is 0.847.